The highest BCUT2D eigenvalue weighted by Gasteiger charge is 2.25. The van der Waals surface area contributed by atoms with Gasteiger partial charge in [-0.2, -0.15) is 15.0 Å². The summed E-state index contributed by atoms with van der Waals surface area (Å²) < 4.78 is 0. The van der Waals surface area contributed by atoms with Crippen molar-refractivity contribution in [2.75, 3.05) is 6.54 Å². The van der Waals surface area contributed by atoms with Crippen LogP contribution in [0.25, 0.3) is 0 Å². The zero-order chi connectivity index (χ0) is 7.68. The molecular formula is C7H12N4. The van der Waals surface area contributed by atoms with Gasteiger partial charge in [0.2, 0.25) is 0 Å². The van der Waals surface area contributed by atoms with Crippen molar-refractivity contribution < 1.29 is 0 Å². The van der Waals surface area contributed by atoms with Gasteiger partial charge in [0.1, 0.15) is 0 Å². The second-order valence-corrected chi connectivity index (χ2v) is 2.93. The topological polar surface area (TPSA) is 56.7 Å². The third kappa shape index (κ3) is 1.40. The number of hydrogen-bond acceptors (Lipinski definition) is 3. The number of aromatic nitrogens is 3. The van der Waals surface area contributed by atoms with Gasteiger partial charge in [0, 0.05) is 6.42 Å². The van der Waals surface area contributed by atoms with Crippen molar-refractivity contribution in [1.29, 1.82) is 0 Å². The van der Waals surface area contributed by atoms with E-state index in [-0.39, 0.29) is 0 Å². The molecule has 2 rings (SSSR count). The minimum absolute atomic E-state index is 0.585. The van der Waals surface area contributed by atoms with Gasteiger partial charge in [-0.15, -0.1) is 0 Å². The Kier molecular flexibility index (Phi) is 1.62. The molecule has 0 spiro atoms. The van der Waals surface area contributed by atoms with E-state index in [4.69, 9.17) is 5.73 Å². The van der Waals surface area contributed by atoms with Crippen LogP contribution in [0.15, 0.2) is 6.20 Å². The molecule has 0 aromatic carbocycles. The summed E-state index contributed by atoms with van der Waals surface area (Å²) >= 11 is 0. The highest BCUT2D eigenvalue weighted by Crippen LogP contribution is 2.32. The van der Waals surface area contributed by atoms with Gasteiger partial charge < -0.3 is 5.73 Å². The van der Waals surface area contributed by atoms with E-state index in [1.54, 1.807) is 0 Å². The van der Waals surface area contributed by atoms with E-state index < -0.39 is 0 Å². The Labute approximate surface area is 65.4 Å². The zero-order valence-corrected chi connectivity index (χ0v) is 6.40. The Morgan fingerprint density at radius 2 is 2.45 bits per heavy atom. The molecule has 1 heterocycles. The average Bonchev–Trinajstić information content (AvgIpc) is 2.75. The molecule has 11 heavy (non-hydrogen) atoms. The van der Waals surface area contributed by atoms with Gasteiger partial charge >= 0.3 is 0 Å². The molecule has 0 aliphatic heterocycles. The molecular weight excluding hydrogens is 140 g/mol. The molecule has 0 unspecified atom stereocenters. The van der Waals surface area contributed by atoms with E-state index in [9.17, 15) is 0 Å². The molecule has 1 saturated carbocycles. The molecule has 0 atom stereocenters. The van der Waals surface area contributed by atoms with Gasteiger partial charge in [0.05, 0.1) is 17.9 Å². The second-order valence-electron chi connectivity index (χ2n) is 2.93. The lowest BCUT2D eigenvalue weighted by molar-refractivity contribution is 0.548. The maximum atomic E-state index is 5.38. The van der Waals surface area contributed by atoms with Gasteiger partial charge in [-0.05, 0) is 19.4 Å². The van der Waals surface area contributed by atoms with Crippen LogP contribution < -0.4 is 5.73 Å². The highest BCUT2D eigenvalue weighted by atomic mass is 15.5. The summed E-state index contributed by atoms with van der Waals surface area (Å²) in [6, 6.07) is 0.585. The second kappa shape index (κ2) is 2.62. The number of nitrogens with two attached hydrogens (primary N) is 1. The van der Waals surface area contributed by atoms with Crippen LogP contribution >= 0.6 is 0 Å². The maximum absolute atomic E-state index is 5.38. The van der Waals surface area contributed by atoms with Crippen molar-refractivity contribution in [3.8, 4) is 0 Å². The maximum Gasteiger partial charge on any atom is 0.0839 e. The molecule has 0 radical (unpaired) electrons. The summed E-state index contributed by atoms with van der Waals surface area (Å²) in [5, 5.41) is 8.43. The summed E-state index contributed by atoms with van der Waals surface area (Å²) in [7, 11) is 0. The summed E-state index contributed by atoms with van der Waals surface area (Å²) in [6.07, 6.45) is 5.12. The van der Waals surface area contributed by atoms with Crippen molar-refractivity contribution in [2.45, 2.75) is 25.3 Å². The van der Waals surface area contributed by atoms with Gasteiger partial charge in [-0.1, -0.05) is 0 Å². The molecule has 0 amide bonds. The lowest BCUT2D eigenvalue weighted by Crippen LogP contribution is -2.04. The first-order chi connectivity index (χ1) is 5.40. The minimum Gasteiger partial charge on any atom is -0.330 e. The quantitative estimate of drug-likeness (QED) is 0.669. The fourth-order valence-electron chi connectivity index (χ4n) is 1.05. The molecule has 4 heteroatoms. The van der Waals surface area contributed by atoms with Gasteiger partial charge in [-0.3, -0.25) is 0 Å². The molecule has 1 aliphatic rings. The smallest absolute Gasteiger partial charge is 0.0839 e. The summed E-state index contributed by atoms with van der Waals surface area (Å²) in [6.45, 7) is 0.656. The van der Waals surface area contributed by atoms with E-state index in [0.717, 1.165) is 12.1 Å². The van der Waals surface area contributed by atoms with E-state index in [2.05, 4.69) is 10.2 Å². The van der Waals surface area contributed by atoms with Crippen LogP contribution in [0, 0.1) is 0 Å². The lowest BCUT2D eigenvalue weighted by Gasteiger charge is -1.91. The first kappa shape index (κ1) is 6.79. The molecule has 1 aromatic rings. The van der Waals surface area contributed by atoms with Crippen LogP contribution in [0.1, 0.15) is 24.6 Å². The Bertz CT molecular complexity index is 238. The third-order valence-corrected chi connectivity index (χ3v) is 1.83. The lowest BCUT2D eigenvalue weighted by atomic mass is 10.3. The number of rotatable bonds is 3. The minimum atomic E-state index is 0.585. The van der Waals surface area contributed by atoms with Crippen molar-refractivity contribution in [1.82, 2.24) is 15.0 Å². The summed E-state index contributed by atoms with van der Waals surface area (Å²) in [4.78, 5) is 1.81. The van der Waals surface area contributed by atoms with Crippen LogP contribution in [0.5, 0.6) is 0 Å². The molecule has 1 aliphatic carbocycles. The van der Waals surface area contributed by atoms with Crippen molar-refractivity contribution in [3.05, 3.63) is 11.9 Å². The van der Waals surface area contributed by atoms with Crippen molar-refractivity contribution in [3.63, 3.8) is 0 Å². The summed E-state index contributed by atoms with van der Waals surface area (Å²) in [5.41, 5.74) is 6.40. The molecule has 1 aromatic heterocycles. The molecule has 1 fully saturated rings. The number of hydrogen-bond donors (Lipinski definition) is 1. The standard InChI is InChI=1S/C7H12N4/c8-4-3-6-5-9-11(10-6)7-1-2-7/h5,7H,1-4,8H2. The fourth-order valence-corrected chi connectivity index (χ4v) is 1.05. The van der Waals surface area contributed by atoms with Gasteiger partial charge in [0.25, 0.3) is 0 Å². The molecule has 60 valence electrons. The van der Waals surface area contributed by atoms with E-state index >= 15 is 0 Å². The first-order valence-corrected chi connectivity index (χ1v) is 4.01. The van der Waals surface area contributed by atoms with Crippen LogP contribution in [-0.2, 0) is 6.42 Å². The normalized spacial score (nSPS) is 17.2. The fraction of sp³-hybridized carbons (Fsp3) is 0.714. The van der Waals surface area contributed by atoms with Gasteiger partial charge in [-0.25, -0.2) is 0 Å². The number of nitrogens with zero attached hydrogens (tertiary/aromatic N) is 3. The first-order valence-electron chi connectivity index (χ1n) is 4.01. The Morgan fingerprint density at radius 3 is 3.09 bits per heavy atom. The van der Waals surface area contributed by atoms with Crippen LogP contribution in [-0.4, -0.2) is 21.5 Å². The molecule has 0 bridgehead atoms. The predicted molar refractivity (Wildman–Crippen MR) is 41.1 cm³/mol. The van der Waals surface area contributed by atoms with E-state index in [1.165, 1.54) is 12.8 Å². The SMILES string of the molecule is NCCc1cnn(C2CC2)n1. The Hall–Kier alpha value is -0.900. The van der Waals surface area contributed by atoms with Crippen LogP contribution in [0.4, 0.5) is 0 Å². The van der Waals surface area contributed by atoms with Crippen molar-refractivity contribution in [2.24, 2.45) is 5.73 Å². The Morgan fingerprint density at radius 1 is 1.64 bits per heavy atom. The van der Waals surface area contributed by atoms with Crippen LogP contribution in [0.2, 0.25) is 0 Å². The molecule has 2 N–H and O–H groups in total. The highest BCUT2D eigenvalue weighted by molar-refractivity contribution is 4.93. The average molecular weight is 152 g/mol. The van der Waals surface area contributed by atoms with E-state index in [1.807, 2.05) is 11.0 Å². The summed E-state index contributed by atoms with van der Waals surface area (Å²) in [5.74, 6) is 0. The predicted octanol–water partition coefficient (Wildman–Crippen LogP) is 0.114. The van der Waals surface area contributed by atoms with Gasteiger partial charge in [0.15, 0.2) is 0 Å². The largest absolute Gasteiger partial charge is 0.330 e. The zero-order valence-electron chi connectivity index (χ0n) is 6.40. The molecule has 0 saturated heterocycles. The Balaban J connectivity index is 2.06. The van der Waals surface area contributed by atoms with Crippen molar-refractivity contribution >= 4 is 0 Å². The monoisotopic (exact) mass is 152 g/mol. The van der Waals surface area contributed by atoms with E-state index in [0.29, 0.717) is 12.6 Å². The van der Waals surface area contributed by atoms with Crippen LogP contribution in [0.3, 0.4) is 0 Å². The molecule has 4 nitrogen and oxygen atoms in total. The third-order valence-electron chi connectivity index (χ3n) is 1.83.